The second-order valence-corrected chi connectivity index (χ2v) is 17.0. The molecule has 3 fully saturated rings. The number of carbonyl (C=O) groups is 7. The quantitative estimate of drug-likeness (QED) is 0.244. The van der Waals surface area contributed by atoms with E-state index in [0.29, 0.717) is 0 Å². The number of cyclic esters (lactones) is 1. The number of hydrogen-bond donors (Lipinski definition) is 2. The molecule has 4 aliphatic rings. The monoisotopic (exact) mass is 887 g/mol. The van der Waals surface area contributed by atoms with E-state index in [1.807, 2.05) is 0 Å². The first-order chi connectivity index (χ1) is 30.3. The Bertz CT molecular complexity index is 2320. The van der Waals surface area contributed by atoms with Gasteiger partial charge in [0.2, 0.25) is 0 Å². The number of aryl methyl sites for hydroxylation is 1. The molecular weight excluding hydrogens is 838 g/mol. The number of ether oxygens (including phenoxy) is 8. The number of hydrogen-bond acceptors (Lipinski definition) is 18. The topological polar surface area (TPSA) is 247 Å². The Balaban J connectivity index is 1.59. The van der Waals surface area contributed by atoms with Crippen LogP contribution in [0, 0.1) is 17.3 Å². The van der Waals surface area contributed by atoms with E-state index < -0.39 is 126 Å². The summed E-state index contributed by atoms with van der Waals surface area (Å²) in [5.41, 5.74) is -10.2. The van der Waals surface area contributed by atoms with Gasteiger partial charge in [-0.3, -0.25) is 24.2 Å². The van der Waals surface area contributed by atoms with Gasteiger partial charge < -0.3 is 48.1 Å². The lowest BCUT2D eigenvalue weighted by atomic mass is 9.45. The molecule has 1 spiro atoms. The molecule has 12 atom stereocenters. The van der Waals surface area contributed by atoms with Crippen LogP contribution in [-0.4, -0.2) is 124 Å². The van der Waals surface area contributed by atoms with Crippen molar-refractivity contribution in [1.82, 2.24) is 4.98 Å². The van der Waals surface area contributed by atoms with Gasteiger partial charge in [-0.1, -0.05) is 43.3 Å². The van der Waals surface area contributed by atoms with Gasteiger partial charge in [-0.25, -0.2) is 14.4 Å². The molecule has 1 aromatic heterocycles. The van der Waals surface area contributed by atoms with Gasteiger partial charge in [0.15, 0.2) is 24.4 Å². The van der Waals surface area contributed by atoms with Crippen LogP contribution in [0.15, 0.2) is 79.0 Å². The summed E-state index contributed by atoms with van der Waals surface area (Å²) in [6.45, 7) is 5.22. The number of aliphatic hydroxyl groups is 2. The van der Waals surface area contributed by atoms with Crippen molar-refractivity contribution in [1.29, 1.82) is 0 Å². The molecule has 1 saturated heterocycles. The Hall–Kier alpha value is -6.24. The van der Waals surface area contributed by atoms with Crippen LogP contribution in [0.4, 0.5) is 0 Å². The molecule has 340 valence electrons. The molecule has 4 bridgehead atoms. The highest BCUT2D eigenvalue weighted by molar-refractivity contribution is 5.91. The van der Waals surface area contributed by atoms with E-state index in [9.17, 15) is 43.8 Å². The van der Waals surface area contributed by atoms with Gasteiger partial charge in [0.1, 0.15) is 41.5 Å². The molecule has 0 radical (unpaired) electrons. The number of fused-ring (bicyclic) bond motifs is 5. The van der Waals surface area contributed by atoms with E-state index in [0.717, 1.165) is 27.7 Å². The Morgan fingerprint density at radius 1 is 0.781 bits per heavy atom. The lowest BCUT2D eigenvalue weighted by Crippen LogP contribution is -2.89. The SMILES string of the molecule is CC(=O)OCC12C(OC(C)=O)C(OC(C)=O)C3C(O)C14OC3(C)COC(=O)c1cccnc1CCC(C)C(=O)OC(C(OC(=O)c1ccccc1)C2OC(=O)c1ccccc1)C4(C)O. The standard InChI is InChI=1S/C46H49NO17/c1-24-19-20-31-30(18-13-21-47-31)42(55)58-22-43(5)32-33(59-26(3)49)37(60-27(4)50)45(23-57-25(2)48)38(63-41(54)29-16-11-8-12-17-29)34(61-40(53)28-14-9-7-10-15-28)36(62-39(24)52)44(6,56)46(45,64-43)35(32)51/h7-18,21,24,32-38,51,56H,19-20,22-23H2,1-6H3. The maximum Gasteiger partial charge on any atom is 0.340 e. The van der Waals surface area contributed by atoms with Crippen LogP contribution in [0.5, 0.6) is 0 Å². The van der Waals surface area contributed by atoms with Crippen molar-refractivity contribution in [2.75, 3.05) is 13.2 Å². The minimum atomic E-state index is -2.86. The molecule has 2 saturated carbocycles. The maximum atomic E-state index is 14.5. The van der Waals surface area contributed by atoms with Crippen molar-refractivity contribution < 1.29 is 81.7 Å². The second kappa shape index (κ2) is 17.4. The number of benzene rings is 2. The minimum absolute atomic E-state index is 0.0327. The maximum absolute atomic E-state index is 14.5. The van der Waals surface area contributed by atoms with Crippen LogP contribution >= 0.6 is 0 Å². The summed E-state index contributed by atoms with van der Waals surface area (Å²) in [4.78, 5) is 101. The molecule has 18 heteroatoms. The number of rotatable bonds is 8. The van der Waals surface area contributed by atoms with E-state index in [1.54, 1.807) is 12.1 Å². The zero-order valence-corrected chi connectivity index (χ0v) is 35.9. The fourth-order valence-electron chi connectivity index (χ4n) is 10.0. The first-order valence-electron chi connectivity index (χ1n) is 20.7. The predicted molar refractivity (Wildman–Crippen MR) is 216 cm³/mol. The van der Waals surface area contributed by atoms with Crippen LogP contribution < -0.4 is 0 Å². The van der Waals surface area contributed by atoms with E-state index >= 15 is 0 Å². The first kappa shape index (κ1) is 45.8. The largest absolute Gasteiger partial charge is 0.465 e. The summed E-state index contributed by atoms with van der Waals surface area (Å²) < 4.78 is 49.6. The number of aliphatic hydroxyl groups excluding tert-OH is 1. The third-order valence-electron chi connectivity index (χ3n) is 12.8. The summed E-state index contributed by atoms with van der Waals surface area (Å²) in [6, 6.07) is 17.9. The Morgan fingerprint density at radius 3 is 1.97 bits per heavy atom. The van der Waals surface area contributed by atoms with Crippen molar-refractivity contribution in [3.05, 3.63) is 101 Å². The van der Waals surface area contributed by atoms with Crippen LogP contribution in [0.2, 0.25) is 0 Å². The van der Waals surface area contributed by atoms with Crippen molar-refractivity contribution in [3.8, 4) is 0 Å². The molecule has 64 heavy (non-hydrogen) atoms. The van der Waals surface area contributed by atoms with Gasteiger partial charge in [0, 0.05) is 27.0 Å². The second-order valence-electron chi connectivity index (χ2n) is 17.0. The molecule has 2 aromatic carbocycles. The third kappa shape index (κ3) is 7.66. The van der Waals surface area contributed by atoms with Gasteiger partial charge >= 0.3 is 41.8 Å². The van der Waals surface area contributed by atoms with Gasteiger partial charge in [-0.15, -0.1) is 0 Å². The van der Waals surface area contributed by atoms with E-state index in [4.69, 9.17) is 37.9 Å². The van der Waals surface area contributed by atoms with Crippen molar-refractivity contribution in [3.63, 3.8) is 0 Å². The van der Waals surface area contributed by atoms with E-state index in [2.05, 4.69) is 4.98 Å². The first-order valence-corrected chi connectivity index (χ1v) is 20.7. The lowest BCUT2D eigenvalue weighted by Gasteiger charge is -2.67. The van der Waals surface area contributed by atoms with Gasteiger partial charge in [0.05, 0.1) is 40.3 Å². The van der Waals surface area contributed by atoms with Gasteiger partial charge in [0.25, 0.3) is 0 Å². The Morgan fingerprint density at radius 2 is 1.38 bits per heavy atom. The average Bonchev–Trinajstić information content (AvgIpc) is 3.46. The molecular formula is C46H49NO17. The fourth-order valence-corrected chi connectivity index (χ4v) is 10.0. The molecule has 12 unspecified atom stereocenters. The molecule has 18 nitrogen and oxygen atoms in total. The molecule has 3 heterocycles. The van der Waals surface area contributed by atoms with Crippen molar-refractivity contribution >= 4 is 41.8 Å². The summed E-state index contributed by atoms with van der Waals surface area (Å²) in [7, 11) is 0. The predicted octanol–water partition coefficient (Wildman–Crippen LogP) is 2.88. The summed E-state index contributed by atoms with van der Waals surface area (Å²) in [5.74, 6) is -9.68. The average molecular weight is 888 g/mol. The third-order valence-corrected chi connectivity index (χ3v) is 12.8. The van der Waals surface area contributed by atoms with Crippen LogP contribution in [0.1, 0.15) is 84.7 Å². The number of esters is 7. The molecule has 2 aliphatic heterocycles. The summed E-state index contributed by atoms with van der Waals surface area (Å²) >= 11 is 0. The Kier molecular flexibility index (Phi) is 12.4. The highest BCUT2D eigenvalue weighted by Crippen LogP contribution is 2.69. The van der Waals surface area contributed by atoms with Crippen molar-refractivity contribution in [2.24, 2.45) is 17.3 Å². The summed E-state index contributed by atoms with van der Waals surface area (Å²) in [6.07, 6.45) is -10.9. The van der Waals surface area contributed by atoms with Crippen LogP contribution in [0.25, 0.3) is 0 Å². The van der Waals surface area contributed by atoms with E-state index in [1.165, 1.54) is 80.7 Å². The lowest BCUT2D eigenvalue weighted by molar-refractivity contribution is -0.384. The zero-order chi connectivity index (χ0) is 46.4. The normalized spacial score (nSPS) is 34.3. The van der Waals surface area contributed by atoms with Gasteiger partial charge in [-0.05, 0) is 63.1 Å². The highest BCUT2D eigenvalue weighted by Gasteiger charge is 2.91. The molecule has 0 amide bonds. The van der Waals surface area contributed by atoms with Crippen LogP contribution in [0.3, 0.4) is 0 Å². The molecule has 3 aromatic rings. The number of nitrogens with zero attached hydrogens (tertiary/aromatic N) is 1. The summed E-state index contributed by atoms with van der Waals surface area (Å²) in [5, 5.41) is 26.7. The van der Waals surface area contributed by atoms with Gasteiger partial charge in [-0.2, -0.15) is 0 Å². The molecule has 2 N–H and O–H groups in total. The van der Waals surface area contributed by atoms with Crippen LogP contribution in [-0.2, 0) is 63.5 Å². The smallest absolute Gasteiger partial charge is 0.340 e. The molecule has 2 aliphatic carbocycles. The van der Waals surface area contributed by atoms with Crippen molar-refractivity contribution in [2.45, 2.75) is 108 Å². The fraction of sp³-hybridized carbons (Fsp3) is 0.478. The van der Waals surface area contributed by atoms with E-state index in [-0.39, 0.29) is 35.2 Å². The zero-order valence-electron chi connectivity index (χ0n) is 35.9. The number of carbonyl (C=O) groups excluding carboxylic acids is 7. The number of pyridine rings is 1. The highest BCUT2D eigenvalue weighted by atomic mass is 16.7. The number of aromatic nitrogens is 1. The Labute approximate surface area is 367 Å². The molecule has 7 rings (SSSR count). The minimum Gasteiger partial charge on any atom is -0.465 e.